The zero-order valence-electron chi connectivity index (χ0n) is 12.8. The number of amides is 1. The molecule has 1 aliphatic rings. The third kappa shape index (κ3) is 3.10. The number of hydrogen-bond acceptors (Lipinski definition) is 5. The third-order valence-electron chi connectivity index (χ3n) is 4.39. The van der Waals surface area contributed by atoms with Crippen molar-refractivity contribution in [3.8, 4) is 0 Å². The highest BCUT2D eigenvalue weighted by Crippen LogP contribution is 2.36. The van der Waals surface area contributed by atoms with Crippen molar-refractivity contribution in [3.63, 3.8) is 0 Å². The lowest BCUT2D eigenvalue weighted by atomic mass is 9.92. The monoisotopic (exact) mass is 366 g/mol. The zero-order chi connectivity index (χ0) is 17.3. The van der Waals surface area contributed by atoms with Gasteiger partial charge in [0.2, 0.25) is 15.9 Å². The molecule has 1 aromatic heterocycles. The summed E-state index contributed by atoms with van der Waals surface area (Å²) in [5.41, 5.74) is 6.50. The maximum absolute atomic E-state index is 12.8. The summed E-state index contributed by atoms with van der Waals surface area (Å²) in [6, 6.07) is 7.56. The van der Waals surface area contributed by atoms with E-state index in [1.807, 2.05) is 16.8 Å². The molecule has 0 saturated carbocycles. The highest BCUT2D eigenvalue weighted by molar-refractivity contribution is 7.89. The first kappa shape index (κ1) is 17.1. The summed E-state index contributed by atoms with van der Waals surface area (Å²) in [6.45, 7) is 0.548. The van der Waals surface area contributed by atoms with Crippen molar-refractivity contribution in [2.24, 2.45) is 11.7 Å². The first-order valence-corrected chi connectivity index (χ1v) is 9.84. The van der Waals surface area contributed by atoms with Crippen LogP contribution in [0, 0.1) is 5.92 Å². The number of hydrogen-bond donors (Lipinski definition) is 2. The van der Waals surface area contributed by atoms with Gasteiger partial charge in [-0.3, -0.25) is 4.79 Å². The number of nitrogens with two attached hydrogens (primary N) is 1. The summed E-state index contributed by atoms with van der Waals surface area (Å²) >= 11 is 1.55. The van der Waals surface area contributed by atoms with E-state index in [2.05, 4.69) is 0 Å². The minimum atomic E-state index is -3.67. The molecule has 2 unspecified atom stereocenters. The molecule has 2 aromatic rings. The molecule has 1 aromatic carbocycles. The van der Waals surface area contributed by atoms with E-state index in [9.17, 15) is 18.3 Å². The molecule has 1 saturated heterocycles. The molecular weight excluding hydrogens is 348 g/mol. The predicted molar refractivity (Wildman–Crippen MR) is 91.4 cm³/mol. The van der Waals surface area contributed by atoms with Crippen molar-refractivity contribution >= 4 is 27.3 Å². The molecule has 2 heterocycles. The highest BCUT2D eigenvalue weighted by Gasteiger charge is 2.39. The molecule has 3 N–H and O–H groups in total. The van der Waals surface area contributed by atoms with Crippen molar-refractivity contribution < 1.29 is 18.3 Å². The number of benzene rings is 1. The van der Waals surface area contributed by atoms with Crippen molar-refractivity contribution in [1.29, 1.82) is 0 Å². The van der Waals surface area contributed by atoms with Crippen molar-refractivity contribution in [3.05, 3.63) is 52.2 Å². The van der Waals surface area contributed by atoms with Gasteiger partial charge < -0.3 is 10.8 Å². The lowest BCUT2D eigenvalue weighted by Crippen LogP contribution is -2.29. The molecule has 1 fully saturated rings. The Morgan fingerprint density at radius 3 is 2.50 bits per heavy atom. The van der Waals surface area contributed by atoms with Gasteiger partial charge in [-0.05, 0) is 46.7 Å². The summed E-state index contributed by atoms with van der Waals surface area (Å²) in [6.07, 6.45) is 0. The Kier molecular flexibility index (Phi) is 4.73. The van der Waals surface area contributed by atoms with Gasteiger partial charge in [-0.2, -0.15) is 15.6 Å². The van der Waals surface area contributed by atoms with Crippen LogP contribution in [0.15, 0.2) is 46.0 Å². The normalized spacial score (nSPS) is 21.9. The topological polar surface area (TPSA) is 101 Å². The summed E-state index contributed by atoms with van der Waals surface area (Å²) in [5.74, 6) is -0.738. The van der Waals surface area contributed by atoms with Crippen LogP contribution in [0.4, 0.5) is 0 Å². The number of sulfonamides is 1. The SMILES string of the molecule is NC(=O)c1ccc(S(=O)(=O)N2CC(CO)C(c3ccsc3)C2)cc1. The lowest BCUT2D eigenvalue weighted by Gasteiger charge is -2.16. The fourth-order valence-corrected chi connectivity index (χ4v) is 5.26. The summed E-state index contributed by atoms with van der Waals surface area (Å²) < 4.78 is 27.0. The quantitative estimate of drug-likeness (QED) is 0.831. The molecule has 0 bridgehead atoms. The Balaban J connectivity index is 1.86. The Hall–Kier alpha value is -1.74. The Labute approximate surface area is 144 Å². The molecule has 2 atom stereocenters. The number of aliphatic hydroxyl groups is 1. The minimum Gasteiger partial charge on any atom is -0.396 e. The van der Waals surface area contributed by atoms with E-state index < -0.39 is 15.9 Å². The van der Waals surface area contributed by atoms with Gasteiger partial charge in [-0.15, -0.1) is 0 Å². The van der Waals surface area contributed by atoms with E-state index in [0.29, 0.717) is 6.54 Å². The van der Waals surface area contributed by atoms with Gasteiger partial charge in [0, 0.05) is 37.1 Å². The first-order chi connectivity index (χ1) is 11.4. The van der Waals surface area contributed by atoms with Crippen LogP contribution in [-0.2, 0) is 10.0 Å². The zero-order valence-corrected chi connectivity index (χ0v) is 14.5. The Bertz CT molecular complexity index is 816. The number of primary amides is 1. The van der Waals surface area contributed by atoms with Gasteiger partial charge in [-0.25, -0.2) is 8.42 Å². The Morgan fingerprint density at radius 2 is 1.96 bits per heavy atom. The number of aliphatic hydroxyl groups excluding tert-OH is 1. The van der Waals surface area contributed by atoms with Gasteiger partial charge in [0.15, 0.2) is 0 Å². The van der Waals surface area contributed by atoms with Crippen LogP contribution in [0.1, 0.15) is 21.8 Å². The van der Waals surface area contributed by atoms with E-state index in [1.165, 1.54) is 28.6 Å². The molecular formula is C16H18N2O4S2. The van der Waals surface area contributed by atoms with Crippen LogP contribution in [0.2, 0.25) is 0 Å². The highest BCUT2D eigenvalue weighted by atomic mass is 32.2. The average Bonchev–Trinajstić information content (AvgIpc) is 3.23. The van der Waals surface area contributed by atoms with Crippen molar-refractivity contribution in [2.45, 2.75) is 10.8 Å². The fourth-order valence-electron chi connectivity index (χ4n) is 3.02. The van der Waals surface area contributed by atoms with Gasteiger partial charge in [0.25, 0.3) is 0 Å². The molecule has 0 spiro atoms. The summed E-state index contributed by atoms with van der Waals surface area (Å²) in [7, 11) is -3.67. The Morgan fingerprint density at radius 1 is 1.25 bits per heavy atom. The average molecular weight is 366 g/mol. The number of rotatable bonds is 5. The fraction of sp³-hybridized carbons (Fsp3) is 0.312. The maximum atomic E-state index is 12.8. The largest absolute Gasteiger partial charge is 0.396 e. The molecule has 0 aliphatic carbocycles. The van der Waals surface area contributed by atoms with Crippen LogP contribution in [0.25, 0.3) is 0 Å². The minimum absolute atomic E-state index is 0.0130. The van der Waals surface area contributed by atoms with Crippen LogP contribution >= 0.6 is 11.3 Å². The third-order valence-corrected chi connectivity index (χ3v) is 6.94. The summed E-state index contributed by atoms with van der Waals surface area (Å²) in [4.78, 5) is 11.2. The molecule has 3 rings (SSSR count). The molecule has 0 radical (unpaired) electrons. The van der Waals surface area contributed by atoms with E-state index in [1.54, 1.807) is 11.3 Å². The van der Waals surface area contributed by atoms with Crippen molar-refractivity contribution in [2.75, 3.05) is 19.7 Å². The van der Waals surface area contributed by atoms with Crippen LogP contribution in [0.5, 0.6) is 0 Å². The smallest absolute Gasteiger partial charge is 0.248 e. The molecule has 1 amide bonds. The molecule has 8 heteroatoms. The number of nitrogens with zero attached hydrogens (tertiary/aromatic N) is 1. The standard InChI is InChI=1S/C16H18N2O4S2/c17-16(20)11-1-3-14(4-2-11)24(21,22)18-7-13(9-19)15(8-18)12-5-6-23-10-12/h1-6,10,13,15,19H,7-9H2,(H2,17,20). The maximum Gasteiger partial charge on any atom is 0.248 e. The molecule has 24 heavy (non-hydrogen) atoms. The predicted octanol–water partition coefficient (Wildman–Crippen LogP) is 1.24. The molecule has 6 nitrogen and oxygen atoms in total. The van der Waals surface area contributed by atoms with Crippen molar-refractivity contribution in [1.82, 2.24) is 4.31 Å². The lowest BCUT2D eigenvalue weighted by molar-refractivity contribution is 0.1000. The molecule has 128 valence electrons. The first-order valence-electron chi connectivity index (χ1n) is 7.46. The number of carbonyl (C=O) groups excluding carboxylic acids is 1. The molecule has 1 aliphatic heterocycles. The van der Waals surface area contributed by atoms with E-state index in [4.69, 9.17) is 5.73 Å². The van der Waals surface area contributed by atoms with Gasteiger partial charge >= 0.3 is 0 Å². The van der Waals surface area contributed by atoms with Gasteiger partial charge in [-0.1, -0.05) is 0 Å². The van der Waals surface area contributed by atoms with Gasteiger partial charge in [0.05, 0.1) is 4.90 Å². The second-order valence-electron chi connectivity index (χ2n) is 5.82. The van der Waals surface area contributed by atoms with E-state index in [-0.39, 0.29) is 35.4 Å². The van der Waals surface area contributed by atoms with Gasteiger partial charge in [0.1, 0.15) is 0 Å². The summed E-state index contributed by atoms with van der Waals surface area (Å²) in [5, 5.41) is 13.6. The van der Waals surface area contributed by atoms with E-state index >= 15 is 0 Å². The van der Waals surface area contributed by atoms with Crippen LogP contribution < -0.4 is 5.73 Å². The number of carbonyl (C=O) groups is 1. The van der Waals surface area contributed by atoms with Crippen LogP contribution in [0.3, 0.4) is 0 Å². The van der Waals surface area contributed by atoms with E-state index in [0.717, 1.165) is 5.56 Å². The van der Waals surface area contributed by atoms with Crippen LogP contribution in [-0.4, -0.2) is 43.4 Å². The second kappa shape index (κ2) is 6.64. The second-order valence-corrected chi connectivity index (χ2v) is 8.53. The number of thiophene rings is 1.